The van der Waals surface area contributed by atoms with Crippen molar-refractivity contribution in [2.45, 2.75) is 6.92 Å². The van der Waals surface area contributed by atoms with Gasteiger partial charge in [-0.15, -0.1) is 0 Å². The number of nitrogens with zero attached hydrogens (tertiary/aromatic N) is 2. The zero-order chi connectivity index (χ0) is 39.3. The summed E-state index contributed by atoms with van der Waals surface area (Å²) in [6, 6.07) is 81.8. The quantitative estimate of drug-likeness (QED) is 0.157. The third kappa shape index (κ3) is 5.88. The van der Waals surface area contributed by atoms with Gasteiger partial charge >= 0.3 is 0 Å². The van der Waals surface area contributed by atoms with Crippen molar-refractivity contribution in [3.05, 3.63) is 230 Å². The molecule has 2 nitrogen and oxygen atoms in total. The highest BCUT2D eigenvalue weighted by Gasteiger charge is 2.23. The SMILES string of the molecule is Cc1cc2ccccc2c(N(c2ccc(-c3cccc4ccccc34)cc2)c2cccc(-c3cccc4c3c3ccccc3n4-c3ccccc3)c2)c1-c1ccccc1. The molecule has 0 atom stereocenters. The number of fused-ring (bicyclic) bond motifs is 5. The van der Waals surface area contributed by atoms with E-state index >= 15 is 0 Å². The molecule has 278 valence electrons. The maximum absolute atomic E-state index is 2.49. The maximum atomic E-state index is 2.49. The average molecular weight is 753 g/mol. The van der Waals surface area contributed by atoms with E-state index in [2.05, 4.69) is 241 Å². The van der Waals surface area contributed by atoms with E-state index in [1.165, 1.54) is 88.0 Å². The second-order valence-electron chi connectivity index (χ2n) is 15.4. The third-order valence-electron chi connectivity index (χ3n) is 11.9. The summed E-state index contributed by atoms with van der Waals surface area (Å²) in [5, 5.41) is 7.41. The Kier molecular flexibility index (Phi) is 8.41. The molecule has 2 heteroatoms. The van der Waals surface area contributed by atoms with E-state index < -0.39 is 0 Å². The van der Waals surface area contributed by atoms with Crippen LogP contribution in [0.1, 0.15) is 5.56 Å². The molecule has 0 spiro atoms. The van der Waals surface area contributed by atoms with E-state index in [1.807, 2.05) is 0 Å². The predicted molar refractivity (Wildman–Crippen MR) is 252 cm³/mol. The van der Waals surface area contributed by atoms with Crippen LogP contribution in [0.4, 0.5) is 17.1 Å². The van der Waals surface area contributed by atoms with E-state index in [-0.39, 0.29) is 0 Å². The number of aromatic nitrogens is 1. The van der Waals surface area contributed by atoms with E-state index in [4.69, 9.17) is 0 Å². The molecule has 0 amide bonds. The normalized spacial score (nSPS) is 11.5. The number of hydrogen-bond donors (Lipinski definition) is 0. The molecule has 0 N–H and O–H groups in total. The van der Waals surface area contributed by atoms with Crippen LogP contribution in [0, 0.1) is 6.92 Å². The topological polar surface area (TPSA) is 8.17 Å². The van der Waals surface area contributed by atoms with Gasteiger partial charge in [-0.05, 0) is 105 Å². The molecule has 1 heterocycles. The first-order valence-corrected chi connectivity index (χ1v) is 20.4. The summed E-state index contributed by atoms with van der Waals surface area (Å²) in [7, 11) is 0. The maximum Gasteiger partial charge on any atom is 0.0621 e. The Balaban J connectivity index is 1.16. The Morgan fingerprint density at radius 3 is 1.78 bits per heavy atom. The lowest BCUT2D eigenvalue weighted by Crippen LogP contribution is -2.13. The molecule has 0 aliphatic rings. The van der Waals surface area contributed by atoms with Crippen molar-refractivity contribution in [3.8, 4) is 39.1 Å². The Labute approximate surface area is 344 Å². The van der Waals surface area contributed by atoms with Crippen molar-refractivity contribution in [1.29, 1.82) is 0 Å². The van der Waals surface area contributed by atoms with E-state index in [9.17, 15) is 0 Å². The minimum Gasteiger partial charge on any atom is -0.309 e. The summed E-state index contributed by atoms with van der Waals surface area (Å²) < 4.78 is 2.40. The molecule has 1 aromatic heterocycles. The second-order valence-corrected chi connectivity index (χ2v) is 15.4. The predicted octanol–water partition coefficient (Wildman–Crippen LogP) is 15.9. The van der Waals surface area contributed by atoms with Crippen LogP contribution in [0.3, 0.4) is 0 Å². The third-order valence-corrected chi connectivity index (χ3v) is 11.9. The number of hydrogen-bond acceptors (Lipinski definition) is 1. The van der Waals surface area contributed by atoms with Crippen molar-refractivity contribution < 1.29 is 0 Å². The van der Waals surface area contributed by atoms with Gasteiger partial charge in [0.25, 0.3) is 0 Å². The van der Waals surface area contributed by atoms with Gasteiger partial charge in [0.1, 0.15) is 0 Å². The van der Waals surface area contributed by atoms with Crippen LogP contribution in [0.15, 0.2) is 224 Å². The summed E-state index contributed by atoms with van der Waals surface area (Å²) >= 11 is 0. The average Bonchev–Trinajstić information content (AvgIpc) is 3.64. The van der Waals surface area contributed by atoms with Crippen LogP contribution in [0.2, 0.25) is 0 Å². The van der Waals surface area contributed by atoms with Crippen molar-refractivity contribution in [3.63, 3.8) is 0 Å². The highest BCUT2D eigenvalue weighted by Crippen LogP contribution is 2.48. The van der Waals surface area contributed by atoms with Gasteiger partial charge in [-0.1, -0.05) is 176 Å². The molecular weight excluding hydrogens is 713 g/mol. The second kappa shape index (κ2) is 14.4. The van der Waals surface area contributed by atoms with Gasteiger partial charge in [0.15, 0.2) is 0 Å². The molecule has 0 radical (unpaired) electrons. The van der Waals surface area contributed by atoms with E-state index in [0.29, 0.717) is 0 Å². The van der Waals surface area contributed by atoms with Gasteiger partial charge in [0.05, 0.1) is 16.7 Å². The van der Waals surface area contributed by atoms with Crippen LogP contribution < -0.4 is 4.90 Å². The molecule has 11 aromatic rings. The van der Waals surface area contributed by atoms with Crippen LogP contribution in [0.25, 0.3) is 82.4 Å². The van der Waals surface area contributed by atoms with Gasteiger partial charge in [-0.25, -0.2) is 0 Å². The molecule has 0 aliphatic carbocycles. The molecule has 0 saturated carbocycles. The Morgan fingerprint density at radius 2 is 0.966 bits per heavy atom. The lowest BCUT2D eigenvalue weighted by molar-refractivity contribution is 1.18. The Hall–Kier alpha value is -7.68. The van der Waals surface area contributed by atoms with E-state index in [0.717, 1.165) is 17.1 Å². The zero-order valence-corrected chi connectivity index (χ0v) is 32.8. The number of aryl methyl sites for hydroxylation is 1. The molecule has 0 saturated heterocycles. The van der Waals surface area contributed by atoms with Crippen LogP contribution >= 0.6 is 0 Å². The number of benzene rings is 10. The molecule has 0 unspecified atom stereocenters. The number of rotatable bonds is 7. The molecule has 0 aliphatic heterocycles. The van der Waals surface area contributed by atoms with Gasteiger partial charge in [-0.2, -0.15) is 0 Å². The van der Waals surface area contributed by atoms with Crippen LogP contribution in [-0.2, 0) is 0 Å². The lowest BCUT2D eigenvalue weighted by atomic mass is 9.92. The first kappa shape index (κ1) is 34.6. The van der Waals surface area contributed by atoms with Gasteiger partial charge in [0, 0.05) is 38.8 Å². The minimum atomic E-state index is 1.09. The Morgan fingerprint density at radius 1 is 0.373 bits per heavy atom. The van der Waals surface area contributed by atoms with Crippen molar-refractivity contribution in [1.82, 2.24) is 4.57 Å². The minimum absolute atomic E-state index is 1.09. The first-order chi connectivity index (χ1) is 29.2. The highest BCUT2D eigenvalue weighted by atomic mass is 15.1. The van der Waals surface area contributed by atoms with Crippen LogP contribution in [0.5, 0.6) is 0 Å². The lowest BCUT2D eigenvalue weighted by Gasteiger charge is -2.31. The fourth-order valence-corrected chi connectivity index (χ4v) is 9.27. The standard InChI is InChI=1S/C57H40N2/c1-39-37-43-20-9-11-27-51(43)57(55(39)42-18-4-2-5-19-42)58(46-35-33-41(34-36-46)49-29-15-21-40-17-8-10-26-48(40)49)47-25-14-22-44(38-47)50-30-16-32-54-56(50)52-28-12-13-31-53(52)59(54)45-23-6-3-7-24-45/h2-38H,1H3. The fraction of sp³-hybridized carbons (Fsp3) is 0.0175. The summed E-state index contributed by atoms with van der Waals surface area (Å²) in [4.78, 5) is 2.49. The largest absolute Gasteiger partial charge is 0.309 e. The van der Waals surface area contributed by atoms with Crippen LogP contribution in [-0.4, -0.2) is 4.57 Å². The number of para-hydroxylation sites is 2. The summed E-state index contributed by atoms with van der Waals surface area (Å²) in [5.41, 5.74) is 15.4. The Bertz CT molecular complexity index is 3320. The highest BCUT2D eigenvalue weighted by molar-refractivity contribution is 6.16. The molecule has 59 heavy (non-hydrogen) atoms. The zero-order valence-electron chi connectivity index (χ0n) is 32.8. The molecule has 0 bridgehead atoms. The smallest absolute Gasteiger partial charge is 0.0621 e. The summed E-state index contributed by atoms with van der Waals surface area (Å²) in [6.07, 6.45) is 0. The van der Waals surface area contributed by atoms with Gasteiger partial charge < -0.3 is 9.47 Å². The van der Waals surface area contributed by atoms with Crippen molar-refractivity contribution in [2.75, 3.05) is 4.90 Å². The van der Waals surface area contributed by atoms with Gasteiger partial charge in [-0.3, -0.25) is 0 Å². The number of anilines is 3. The fourth-order valence-electron chi connectivity index (χ4n) is 9.27. The van der Waals surface area contributed by atoms with Crippen molar-refractivity contribution in [2.24, 2.45) is 0 Å². The summed E-state index contributed by atoms with van der Waals surface area (Å²) in [6.45, 7) is 2.25. The van der Waals surface area contributed by atoms with Crippen molar-refractivity contribution >= 4 is 60.4 Å². The van der Waals surface area contributed by atoms with E-state index in [1.54, 1.807) is 0 Å². The van der Waals surface area contributed by atoms with Gasteiger partial charge in [0.2, 0.25) is 0 Å². The molecule has 10 aromatic carbocycles. The molecular formula is C57H40N2. The molecule has 0 fully saturated rings. The molecule has 11 rings (SSSR count). The summed E-state index contributed by atoms with van der Waals surface area (Å²) in [5.74, 6) is 0. The monoisotopic (exact) mass is 752 g/mol. The first-order valence-electron chi connectivity index (χ1n) is 20.4.